The van der Waals surface area contributed by atoms with Gasteiger partial charge in [-0.3, -0.25) is 4.79 Å². The van der Waals surface area contributed by atoms with Gasteiger partial charge in [0.25, 0.3) is 5.91 Å². The Morgan fingerprint density at radius 1 is 1.04 bits per heavy atom. The molecule has 6 heteroatoms. The second kappa shape index (κ2) is 8.89. The third-order valence-corrected chi connectivity index (χ3v) is 5.63. The van der Waals surface area contributed by atoms with E-state index in [1.807, 2.05) is 6.92 Å². The highest BCUT2D eigenvalue weighted by Crippen LogP contribution is 2.28. The van der Waals surface area contributed by atoms with Crippen LogP contribution in [0.5, 0.6) is 11.5 Å². The molecule has 0 aliphatic rings. The van der Waals surface area contributed by atoms with Crippen molar-refractivity contribution in [2.75, 3.05) is 14.2 Å². The average Bonchev–Trinajstić information content (AvgIpc) is 3.06. The smallest absolute Gasteiger partial charge is 0.259 e. The van der Waals surface area contributed by atoms with Gasteiger partial charge in [-0.2, -0.15) is 0 Å². The molecule has 0 unspecified atom stereocenters. The summed E-state index contributed by atoms with van der Waals surface area (Å²) in [5.41, 5.74) is 3.90. The average molecular weight is 397 g/mol. The number of hydrogen-bond acceptors (Lipinski definition) is 5. The fourth-order valence-corrected chi connectivity index (χ4v) is 3.98. The van der Waals surface area contributed by atoms with Gasteiger partial charge in [0.2, 0.25) is 0 Å². The molecule has 2 aromatic carbocycles. The van der Waals surface area contributed by atoms with Gasteiger partial charge in [0.1, 0.15) is 22.1 Å². The number of aryl methyl sites for hydroxylation is 2. The van der Waals surface area contributed by atoms with Gasteiger partial charge >= 0.3 is 0 Å². The third-order valence-electron chi connectivity index (χ3n) is 4.48. The van der Waals surface area contributed by atoms with Crippen LogP contribution in [-0.4, -0.2) is 25.1 Å². The van der Waals surface area contributed by atoms with Crippen LogP contribution in [0.4, 0.5) is 0 Å². The van der Waals surface area contributed by atoms with Crippen LogP contribution in [0.3, 0.4) is 0 Å². The molecule has 28 heavy (non-hydrogen) atoms. The van der Waals surface area contributed by atoms with Crippen LogP contribution in [0.2, 0.25) is 0 Å². The molecule has 0 radical (unpaired) electrons. The van der Waals surface area contributed by atoms with Crippen molar-refractivity contribution in [2.45, 2.75) is 26.8 Å². The van der Waals surface area contributed by atoms with Crippen LogP contribution in [-0.2, 0) is 13.0 Å². The SMILES string of the molecule is COc1cccc(OC)c1C(=O)NCc1nc(C)c(Cc2ccc(C)cc2)s1. The number of methoxy groups -OCH3 is 2. The summed E-state index contributed by atoms with van der Waals surface area (Å²) in [6.07, 6.45) is 0.845. The largest absolute Gasteiger partial charge is 0.496 e. The zero-order chi connectivity index (χ0) is 20.1. The molecule has 0 spiro atoms. The normalized spacial score (nSPS) is 10.6. The maximum Gasteiger partial charge on any atom is 0.259 e. The van der Waals surface area contributed by atoms with Crippen LogP contribution in [0.25, 0.3) is 0 Å². The Morgan fingerprint density at radius 2 is 1.68 bits per heavy atom. The number of thiazole rings is 1. The van der Waals surface area contributed by atoms with Crippen molar-refractivity contribution in [1.82, 2.24) is 10.3 Å². The molecular formula is C22H24N2O3S. The zero-order valence-corrected chi connectivity index (χ0v) is 17.4. The number of benzene rings is 2. The van der Waals surface area contributed by atoms with E-state index in [0.717, 1.165) is 17.1 Å². The van der Waals surface area contributed by atoms with Crippen molar-refractivity contribution in [2.24, 2.45) is 0 Å². The van der Waals surface area contributed by atoms with Gasteiger partial charge in [-0.25, -0.2) is 4.98 Å². The predicted molar refractivity (Wildman–Crippen MR) is 112 cm³/mol. The quantitative estimate of drug-likeness (QED) is 0.647. The maximum atomic E-state index is 12.7. The van der Waals surface area contributed by atoms with Gasteiger partial charge < -0.3 is 14.8 Å². The molecular weight excluding hydrogens is 372 g/mol. The molecule has 5 nitrogen and oxygen atoms in total. The maximum absolute atomic E-state index is 12.7. The van der Waals surface area contributed by atoms with Gasteiger partial charge in [0.15, 0.2) is 0 Å². The van der Waals surface area contributed by atoms with Gasteiger partial charge in [-0.05, 0) is 31.5 Å². The number of ether oxygens (including phenoxy) is 2. The Balaban J connectivity index is 1.70. The highest BCUT2D eigenvalue weighted by molar-refractivity contribution is 7.11. The Kier molecular flexibility index (Phi) is 6.31. The minimum atomic E-state index is -0.248. The van der Waals surface area contributed by atoms with Crippen molar-refractivity contribution < 1.29 is 14.3 Å². The standard InChI is InChI=1S/C22H24N2O3S/c1-14-8-10-16(11-9-14)12-19-15(2)24-20(28-19)13-23-22(25)21-17(26-3)6-5-7-18(21)27-4/h5-11H,12-13H2,1-4H3,(H,23,25). The van der Waals surface area contributed by atoms with E-state index in [-0.39, 0.29) is 5.91 Å². The molecule has 0 aliphatic heterocycles. The minimum absolute atomic E-state index is 0.248. The summed E-state index contributed by atoms with van der Waals surface area (Å²) in [6.45, 7) is 4.45. The van der Waals surface area contributed by atoms with E-state index in [9.17, 15) is 4.79 Å². The lowest BCUT2D eigenvalue weighted by Gasteiger charge is -2.12. The summed E-state index contributed by atoms with van der Waals surface area (Å²) in [6, 6.07) is 13.8. The first-order chi connectivity index (χ1) is 13.5. The summed E-state index contributed by atoms with van der Waals surface area (Å²) in [7, 11) is 3.07. The van der Waals surface area contributed by atoms with E-state index in [0.29, 0.717) is 23.6 Å². The number of carbonyl (C=O) groups is 1. The Bertz CT molecular complexity index is 942. The second-order valence-corrected chi connectivity index (χ2v) is 7.67. The van der Waals surface area contributed by atoms with Crippen molar-refractivity contribution in [3.8, 4) is 11.5 Å². The fourth-order valence-electron chi connectivity index (χ4n) is 2.94. The van der Waals surface area contributed by atoms with Gasteiger partial charge in [-0.15, -0.1) is 11.3 Å². The van der Waals surface area contributed by atoms with E-state index in [2.05, 4.69) is 41.5 Å². The first-order valence-corrected chi connectivity index (χ1v) is 9.83. The van der Waals surface area contributed by atoms with Gasteiger partial charge in [0, 0.05) is 11.3 Å². The van der Waals surface area contributed by atoms with Crippen molar-refractivity contribution in [1.29, 1.82) is 0 Å². The van der Waals surface area contributed by atoms with E-state index in [1.165, 1.54) is 30.2 Å². The topological polar surface area (TPSA) is 60.5 Å². The molecule has 0 saturated heterocycles. The molecule has 0 aliphatic carbocycles. The lowest BCUT2D eigenvalue weighted by atomic mass is 10.1. The number of nitrogens with zero attached hydrogens (tertiary/aromatic N) is 1. The molecule has 1 amide bonds. The molecule has 0 bridgehead atoms. The van der Waals surface area contributed by atoms with E-state index >= 15 is 0 Å². The molecule has 0 fully saturated rings. The van der Waals surface area contributed by atoms with Crippen LogP contribution < -0.4 is 14.8 Å². The second-order valence-electron chi connectivity index (χ2n) is 6.50. The first-order valence-electron chi connectivity index (χ1n) is 9.01. The molecule has 0 saturated carbocycles. The summed E-state index contributed by atoms with van der Waals surface area (Å²) in [5, 5.41) is 3.80. The van der Waals surface area contributed by atoms with E-state index < -0.39 is 0 Å². The zero-order valence-electron chi connectivity index (χ0n) is 16.5. The van der Waals surface area contributed by atoms with Gasteiger partial charge in [-0.1, -0.05) is 35.9 Å². The molecule has 1 aromatic heterocycles. The monoisotopic (exact) mass is 396 g/mol. The number of hydrogen-bond donors (Lipinski definition) is 1. The number of rotatable bonds is 7. The number of nitrogens with one attached hydrogen (secondary N) is 1. The summed E-state index contributed by atoms with van der Waals surface area (Å²) >= 11 is 1.63. The fraction of sp³-hybridized carbons (Fsp3) is 0.273. The van der Waals surface area contributed by atoms with E-state index in [1.54, 1.807) is 29.5 Å². The predicted octanol–water partition coefficient (Wildman–Crippen LogP) is 4.30. The number of aromatic nitrogens is 1. The molecule has 3 rings (SSSR count). The Labute approximate surface area is 169 Å². The van der Waals surface area contributed by atoms with Crippen LogP contribution in [0.1, 0.15) is 37.1 Å². The number of carbonyl (C=O) groups excluding carboxylic acids is 1. The molecule has 146 valence electrons. The molecule has 1 heterocycles. The summed E-state index contributed by atoms with van der Waals surface area (Å²) in [5.74, 6) is 0.710. The van der Waals surface area contributed by atoms with Crippen molar-refractivity contribution >= 4 is 17.2 Å². The van der Waals surface area contributed by atoms with Crippen molar-refractivity contribution in [3.63, 3.8) is 0 Å². The Morgan fingerprint density at radius 3 is 2.29 bits per heavy atom. The highest BCUT2D eigenvalue weighted by Gasteiger charge is 2.18. The summed E-state index contributed by atoms with van der Waals surface area (Å²) in [4.78, 5) is 18.5. The lowest BCUT2D eigenvalue weighted by Crippen LogP contribution is -2.24. The van der Waals surface area contributed by atoms with Crippen molar-refractivity contribution in [3.05, 3.63) is 74.7 Å². The molecule has 0 atom stereocenters. The van der Waals surface area contributed by atoms with Crippen LogP contribution >= 0.6 is 11.3 Å². The minimum Gasteiger partial charge on any atom is -0.496 e. The lowest BCUT2D eigenvalue weighted by molar-refractivity contribution is 0.0944. The van der Waals surface area contributed by atoms with Crippen LogP contribution in [0.15, 0.2) is 42.5 Å². The number of amides is 1. The highest BCUT2D eigenvalue weighted by atomic mass is 32.1. The first kappa shape index (κ1) is 19.9. The molecule has 1 N–H and O–H groups in total. The molecule has 3 aromatic rings. The Hall–Kier alpha value is -2.86. The van der Waals surface area contributed by atoms with E-state index in [4.69, 9.17) is 9.47 Å². The van der Waals surface area contributed by atoms with Crippen LogP contribution in [0, 0.1) is 13.8 Å². The summed E-state index contributed by atoms with van der Waals surface area (Å²) < 4.78 is 10.6. The third kappa shape index (κ3) is 4.51. The van der Waals surface area contributed by atoms with Gasteiger partial charge in [0.05, 0.1) is 26.5 Å².